The summed E-state index contributed by atoms with van der Waals surface area (Å²) >= 11 is 6.13. The Morgan fingerprint density at radius 2 is 1.92 bits per heavy atom. The van der Waals surface area contributed by atoms with Crippen LogP contribution in [0.25, 0.3) is 0 Å². The van der Waals surface area contributed by atoms with Crippen LogP contribution in [0.2, 0.25) is 5.02 Å². The number of benzene rings is 1. The molecule has 7 nitrogen and oxygen atoms in total. The zero-order chi connectivity index (χ0) is 19.2. The Kier molecular flexibility index (Phi) is 4.50. The molecule has 0 fully saturated rings. The van der Waals surface area contributed by atoms with E-state index in [1.165, 1.54) is 18.7 Å². The summed E-state index contributed by atoms with van der Waals surface area (Å²) in [6.45, 7) is 1.70. The van der Waals surface area contributed by atoms with Crippen molar-refractivity contribution in [1.82, 2.24) is 9.13 Å². The number of hydrogen-bond acceptors (Lipinski definition) is 5. The SMILES string of the molecule is COC(=O)C1=C(C)Nc2c(c(=O)n(C)c(=O)n2C)C1c1cccc(Cl)c1. The highest BCUT2D eigenvalue weighted by molar-refractivity contribution is 6.30. The monoisotopic (exact) mass is 375 g/mol. The topological polar surface area (TPSA) is 82.3 Å². The van der Waals surface area contributed by atoms with Crippen LogP contribution < -0.4 is 16.6 Å². The van der Waals surface area contributed by atoms with Crippen molar-refractivity contribution in [2.45, 2.75) is 12.8 Å². The van der Waals surface area contributed by atoms with Crippen molar-refractivity contribution < 1.29 is 9.53 Å². The molecule has 1 aromatic heterocycles. The van der Waals surface area contributed by atoms with E-state index in [4.69, 9.17) is 16.3 Å². The van der Waals surface area contributed by atoms with Gasteiger partial charge < -0.3 is 10.1 Å². The molecule has 0 amide bonds. The molecule has 0 saturated heterocycles. The van der Waals surface area contributed by atoms with Gasteiger partial charge in [-0.2, -0.15) is 0 Å². The zero-order valence-corrected chi connectivity index (χ0v) is 15.5. The number of hydrogen-bond donors (Lipinski definition) is 1. The van der Waals surface area contributed by atoms with Crippen molar-refractivity contribution in [3.05, 3.63) is 72.5 Å². The Morgan fingerprint density at radius 1 is 1.23 bits per heavy atom. The number of nitrogens with one attached hydrogen (secondary N) is 1. The lowest BCUT2D eigenvalue weighted by molar-refractivity contribution is -0.136. The first-order valence-electron chi connectivity index (χ1n) is 7.89. The van der Waals surface area contributed by atoms with Crippen LogP contribution in [0.15, 0.2) is 45.1 Å². The van der Waals surface area contributed by atoms with Crippen molar-refractivity contribution in [3.8, 4) is 0 Å². The summed E-state index contributed by atoms with van der Waals surface area (Å²) < 4.78 is 7.31. The molecular weight excluding hydrogens is 358 g/mol. The summed E-state index contributed by atoms with van der Waals surface area (Å²) in [7, 11) is 4.26. The van der Waals surface area contributed by atoms with E-state index in [0.29, 0.717) is 33.2 Å². The number of aromatic nitrogens is 2. The molecule has 3 rings (SSSR count). The van der Waals surface area contributed by atoms with E-state index >= 15 is 0 Å². The fourth-order valence-corrected chi connectivity index (χ4v) is 3.49. The summed E-state index contributed by atoms with van der Waals surface area (Å²) in [5, 5.41) is 3.49. The lowest BCUT2D eigenvalue weighted by Crippen LogP contribution is -2.43. The second kappa shape index (κ2) is 6.49. The first-order chi connectivity index (χ1) is 12.3. The van der Waals surface area contributed by atoms with E-state index in [0.717, 1.165) is 4.57 Å². The van der Waals surface area contributed by atoms with Crippen molar-refractivity contribution in [1.29, 1.82) is 0 Å². The van der Waals surface area contributed by atoms with Gasteiger partial charge in [-0.15, -0.1) is 0 Å². The van der Waals surface area contributed by atoms with Gasteiger partial charge in [0.25, 0.3) is 5.56 Å². The maximum Gasteiger partial charge on any atom is 0.336 e. The van der Waals surface area contributed by atoms with Gasteiger partial charge in [0.05, 0.1) is 24.2 Å². The molecular formula is C18H18ClN3O4. The minimum absolute atomic E-state index is 0.294. The van der Waals surface area contributed by atoms with Crippen LogP contribution in [-0.4, -0.2) is 22.2 Å². The average Bonchev–Trinajstić information content (AvgIpc) is 2.63. The summed E-state index contributed by atoms with van der Waals surface area (Å²) in [4.78, 5) is 37.7. The Balaban J connectivity index is 2.43. The van der Waals surface area contributed by atoms with E-state index in [9.17, 15) is 14.4 Å². The molecule has 1 N–H and O–H groups in total. The normalized spacial score (nSPS) is 16.1. The number of methoxy groups -OCH3 is 1. The Bertz CT molecular complexity index is 1070. The maximum atomic E-state index is 12.9. The van der Waals surface area contributed by atoms with Crippen molar-refractivity contribution in [3.63, 3.8) is 0 Å². The van der Waals surface area contributed by atoms with Crippen LogP contribution in [0, 0.1) is 0 Å². The fraction of sp³-hybridized carbons (Fsp3) is 0.278. The predicted molar refractivity (Wildman–Crippen MR) is 98.6 cm³/mol. The van der Waals surface area contributed by atoms with E-state index in [2.05, 4.69) is 5.32 Å². The Labute approximate surface area is 154 Å². The fourth-order valence-electron chi connectivity index (χ4n) is 3.29. The highest BCUT2D eigenvalue weighted by atomic mass is 35.5. The van der Waals surface area contributed by atoms with Gasteiger partial charge in [-0.3, -0.25) is 13.9 Å². The second-order valence-corrected chi connectivity index (χ2v) is 6.55. The number of carbonyl (C=O) groups is 1. The number of halogens is 1. The third kappa shape index (κ3) is 2.64. The van der Waals surface area contributed by atoms with Gasteiger partial charge >= 0.3 is 11.7 Å². The number of anilines is 1. The Hall–Kier alpha value is -2.80. The molecule has 136 valence electrons. The number of fused-ring (bicyclic) bond motifs is 1. The lowest BCUT2D eigenvalue weighted by Gasteiger charge is -2.30. The molecule has 8 heteroatoms. The van der Waals surface area contributed by atoms with Crippen molar-refractivity contribution >= 4 is 23.4 Å². The van der Waals surface area contributed by atoms with E-state index in [1.54, 1.807) is 38.2 Å². The first kappa shape index (κ1) is 18.0. The molecule has 1 aromatic carbocycles. The maximum absolute atomic E-state index is 12.9. The molecule has 0 bridgehead atoms. The van der Waals surface area contributed by atoms with Gasteiger partial charge in [0.2, 0.25) is 0 Å². The standard InChI is InChI=1S/C18H18ClN3O4/c1-9-12(17(24)26-4)13(10-6-5-7-11(19)8-10)14-15(20-9)21(2)18(25)22(3)16(14)23/h5-8,13,20H,1-4H3. The Morgan fingerprint density at radius 3 is 2.54 bits per heavy atom. The van der Waals surface area contributed by atoms with Gasteiger partial charge in [-0.25, -0.2) is 9.59 Å². The van der Waals surface area contributed by atoms with E-state index in [1.807, 2.05) is 0 Å². The summed E-state index contributed by atoms with van der Waals surface area (Å²) in [5.74, 6) is -0.905. The molecule has 2 aromatic rings. The van der Waals surface area contributed by atoms with Crippen LogP contribution in [0.3, 0.4) is 0 Å². The van der Waals surface area contributed by atoms with Crippen LogP contribution in [0.1, 0.15) is 24.0 Å². The first-order valence-corrected chi connectivity index (χ1v) is 8.27. The highest BCUT2D eigenvalue weighted by Gasteiger charge is 2.37. The molecule has 26 heavy (non-hydrogen) atoms. The quantitative estimate of drug-likeness (QED) is 0.808. The van der Waals surface area contributed by atoms with Crippen molar-refractivity contribution in [2.24, 2.45) is 14.1 Å². The number of rotatable bonds is 2. The average molecular weight is 376 g/mol. The highest BCUT2D eigenvalue weighted by Crippen LogP contribution is 2.40. The molecule has 0 saturated carbocycles. The molecule has 0 aliphatic carbocycles. The van der Waals surface area contributed by atoms with Gasteiger partial charge in [-0.05, 0) is 24.6 Å². The second-order valence-electron chi connectivity index (χ2n) is 6.11. The van der Waals surface area contributed by atoms with Gasteiger partial charge in [0, 0.05) is 24.8 Å². The summed E-state index contributed by atoms with van der Waals surface area (Å²) in [6.07, 6.45) is 0. The number of allylic oxidation sites excluding steroid dienone is 1. The molecule has 0 spiro atoms. The number of carbonyl (C=O) groups excluding carboxylic acids is 1. The molecule has 0 radical (unpaired) electrons. The van der Waals surface area contributed by atoms with E-state index in [-0.39, 0.29) is 0 Å². The van der Waals surface area contributed by atoms with Crippen LogP contribution >= 0.6 is 11.6 Å². The molecule has 1 aliphatic heterocycles. The van der Waals surface area contributed by atoms with Crippen LogP contribution in [0.4, 0.5) is 5.82 Å². The smallest absolute Gasteiger partial charge is 0.336 e. The van der Waals surface area contributed by atoms with Gasteiger partial charge in [-0.1, -0.05) is 23.7 Å². The number of nitrogens with zero attached hydrogens (tertiary/aromatic N) is 2. The third-order valence-electron chi connectivity index (χ3n) is 4.57. The number of ether oxygens (including phenoxy) is 1. The molecule has 2 heterocycles. The molecule has 1 atom stereocenters. The van der Waals surface area contributed by atoms with Crippen LogP contribution in [-0.2, 0) is 23.6 Å². The zero-order valence-electron chi connectivity index (χ0n) is 14.8. The minimum Gasteiger partial charge on any atom is -0.466 e. The number of esters is 1. The summed E-state index contributed by atoms with van der Waals surface area (Å²) in [5.41, 5.74) is 0.837. The van der Waals surface area contributed by atoms with Gasteiger partial charge in [0.15, 0.2) is 0 Å². The largest absolute Gasteiger partial charge is 0.466 e. The minimum atomic E-state index is -0.706. The predicted octanol–water partition coefficient (Wildman–Crippen LogP) is 1.74. The van der Waals surface area contributed by atoms with Crippen molar-refractivity contribution in [2.75, 3.05) is 12.4 Å². The molecule has 1 aliphatic rings. The molecule has 1 unspecified atom stereocenters. The van der Waals surface area contributed by atoms with Crippen LogP contribution in [0.5, 0.6) is 0 Å². The summed E-state index contributed by atoms with van der Waals surface area (Å²) in [6, 6.07) is 6.94. The van der Waals surface area contributed by atoms with E-state index < -0.39 is 23.1 Å². The lowest BCUT2D eigenvalue weighted by atomic mass is 9.82. The van der Waals surface area contributed by atoms with Gasteiger partial charge in [0.1, 0.15) is 5.82 Å². The third-order valence-corrected chi connectivity index (χ3v) is 4.81.